The normalized spacial score (nSPS) is 20.1. The second-order valence-electron chi connectivity index (χ2n) is 19.4. The summed E-state index contributed by atoms with van der Waals surface area (Å²) in [6.45, 7) is 1.79. The molecule has 21 heteroatoms. The molecule has 2 N–H and O–H groups in total. The number of nitrogens with zero attached hydrogens (tertiary/aromatic N) is 4. The maximum absolute atomic E-state index is 15.0. The number of nitrogens with one attached hydrogen (secondary N) is 2. The van der Waals surface area contributed by atoms with Crippen molar-refractivity contribution in [3.63, 3.8) is 0 Å². The summed E-state index contributed by atoms with van der Waals surface area (Å²) in [5.41, 5.74) is 3.05. The zero-order valence-electron chi connectivity index (χ0n) is 43.0. The Labute approximate surface area is 445 Å². The number of ether oxygens (including phenoxy) is 7. The zero-order valence-corrected chi connectivity index (χ0v) is 43.0. The first-order valence-electron chi connectivity index (χ1n) is 26.5. The molecule has 2 aliphatic carbocycles. The highest BCUT2D eigenvalue weighted by Crippen LogP contribution is 2.42. The van der Waals surface area contributed by atoms with Crippen molar-refractivity contribution in [2.45, 2.75) is 86.9 Å². The number of carbonyl (C=O) groups excluding carboxylic acids is 4. The minimum atomic E-state index is -1.40. The Balaban J connectivity index is 0.612. The Hall–Kier alpha value is -5.94. The molecule has 4 aliphatic rings. The standard InChI is InChI=1S/C56H68F4N6O11/c57-41-31-47(55(69)63-51(39-7-3-1-4-8-39)45-17-15-43(37-11-12-37)53(59)61-45)65(33-41)49(67)35-76-29-27-74-25-23-72-21-19-71-20-22-73-24-26-75-28-30-77-36-50(68)66-34-42(58)32-48(66)56(70)64-52(40-9-5-2-6-10-40)46-18-16-44(38-13-14-38)54(60)62-46/h1-10,15-18,37-38,41-42,47-48,51-52H,11-14,19-36H2,(H,63,69)(H,64,70). The number of hydrogen-bond donors (Lipinski definition) is 2. The number of aromatic nitrogens is 2. The SMILES string of the molecule is O=C(NC(c1ccccc1)c1ccc(C2CC2)c(F)n1)C1CC(F)CN1C(=O)COCCOCCOCCOCCOCCOCCOCC(=O)N1CC(F)CC1C(=O)NC(c1ccccc1)c1ccc(C2CC2)c(F)n1. The molecule has 2 aromatic carbocycles. The van der Waals surface area contributed by atoms with E-state index in [1.165, 1.54) is 9.80 Å². The van der Waals surface area contributed by atoms with Gasteiger partial charge in [-0.2, -0.15) is 8.78 Å². The molecule has 77 heavy (non-hydrogen) atoms. The Morgan fingerprint density at radius 1 is 0.481 bits per heavy atom. The summed E-state index contributed by atoms with van der Waals surface area (Å²) < 4.78 is 97.9. The van der Waals surface area contributed by atoms with Crippen molar-refractivity contribution in [1.82, 2.24) is 30.4 Å². The van der Waals surface area contributed by atoms with E-state index in [0.717, 1.165) is 25.7 Å². The first-order chi connectivity index (χ1) is 37.5. The highest BCUT2D eigenvalue weighted by Gasteiger charge is 2.42. The van der Waals surface area contributed by atoms with Gasteiger partial charge in [0.05, 0.1) is 116 Å². The van der Waals surface area contributed by atoms with Crippen molar-refractivity contribution in [3.8, 4) is 0 Å². The molecule has 8 rings (SSSR count). The van der Waals surface area contributed by atoms with Crippen LogP contribution in [0.25, 0.3) is 0 Å². The van der Waals surface area contributed by atoms with Crippen molar-refractivity contribution in [1.29, 1.82) is 0 Å². The van der Waals surface area contributed by atoms with Gasteiger partial charge in [-0.05, 0) is 60.8 Å². The number of halogens is 4. The van der Waals surface area contributed by atoms with Crippen LogP contribution in [0.4, 0.5) is 17.6 Å². The van der Waals surface area contributed by atoms with Crippen molar-refractivity contribution in [3.05, 3.63) is 130 Å². The molecule has 0 spiro atoms. The molecule has 2 saturated heterocycles. The second-order valence-corrected chi connectivity index (χ2v) is 19.4. The third kappa shape index (κ3) is 17.0. The van der Waals surface area contributed by atoms with Crippen molar-refractivity contribution >= 4 is 23.6 Å². The number of likely N-dealkylation sites (tertiary alicyclic amines) is 2. The molecule has 4 aromatic rings. The Bertz CT molecular complexity index is 2360. The Morgan fingerprint density at radius 3 is 1.12 bits per heavy atom. The van der Waals surface area contributed by atoms with Crippen LogP contribution in [0.15, 0.2) is 84.9 Å². The Kier molecular flexibility index (Phi) is 21.7. The summed E-state index contributed by atoms with van der Waals surface area (Å²) in [7, 11) is 0. The fourth-order valence-corrected chi connectivity index (χ4v) is 9.38. The van der Waals surface area contributed by atoms with Gasteiger partial charge in [-0.3, -0.25) is 19.2 Å². The maximum Gasteiger partial charge on any atom is 0.249 e. The average Bonchev–Trinajstić information content (AvgIpc) is 4.38. The van der Waals surface area contributed by atoms with Crippen LogP contribution in [0.5, 0.6) is 0 Å². The van der Waals surface area contributed by atoms with Crippen LogP contribution >= 0.6 is 0 Å². The van der Waals surface area contributed by atoms with Crippen LogP contribution in [0, 0.1) is 11.9 Å². The van der Waals surface area contributed by atoms with Crippen molar-refractivity contribution in [2.75, 3.05) is 106 Å². The Morgan fingerprint density at radius 2 is 0.805 bits per heavy atom. The maximum atomic E-state index is 15.0. The molecule has 0 bridgehead atoms. The van der Waals surface area contributed by atoms with E-state index in [9.17, 15) is 36.7 Å². The van der Waals surface area contributed by atoms with Gasteiger partial charge in [-0.25, -0.2) is 18.7 Å². The third-order valence-corrected chi connectivity index (χ3v) is 13.7. The van der Waals surface area contributed by atoms with Gasteiger partial charge < -0.3 is 53.6 Å². The number of alkyl halides is 2. The molecule has 416 valence electrons. The highest BCUT2D eigenvalue weighted by atomic mass is 19.1. The van der Waals surface area contributed by atoms with Crippen LogP contribution in [0.1, 0.15) is 96.1 Å². The van der Waals surface area contributed by atoms with Crippen molar-refractivity contribution in [2.24, 2.45) is 0 Å². The highest BCUT2D eigenvalue weighted by molar-refractivity contribution is 5.90. The van der Waals surface area contributed by atoms with Gasteiger partial charge in [0.15, 0.2) is 0 Å². The molecule has 2 saturated carbocycles. The molecule has 4 amide bonds. The van der Waals surface area contributed by atoms with E-state index in [1.54, 1.807) is 72.8 Å². The lowest BCUT2D eigenvalue weighted by Crippen LogP contribution is -2.48. The topological polar surface area (TPSA) is 189 Å². The molecule has 6 unspecified atom stereocenters. The van der Waals surface area contributed by atoms with Crippen LogP contribution in [0.2, 0.25) is 0 Å². The van der Waals surface area contributed by atoms with Crippen LogP contribution in [0.3, 0.4) is 0 Å². The minimum Gasteiger partial charge on any atom is -0.377 e. The summed E-state index contributed by atoms with van der Waals surface area (Å²) in [5, 5.41) is 5.78. The fraction of sp³-hybridized carbons (Fsp3) is 0.536. The molecule has 17 nitrogen and oxygen atoms in total. The van der Waals surface area contributed by atoms with Gasteiger partial charge in [-0.1, -0.05) is 72.8 Å². The number of hydrogen-bond acceptors (Lipinski definition) is 13. The van der Waals surface area contributed by atoms with Crippen LogP contribution in [-0.2, 0) is 52.3 Å². The summed E-state index contributed by atoms with van der Waals surface area (Å²) >= 11 is 0. The molecule has 2 aromatic heterocycles. The minimum absolute atomic E-state index is 0.0894. The van der Waals surface area contributed by atoms with Gasteiger partial charge in [0.25, 0.3) is 0 Å². The van der Waals surface area contributed by atoms with Gasteiger partial charge >= 0.3 is 0 Å². The lowest BCUT2D eigenvalue weighted by Gasteiger charge is -2.26. The predicted octanol–water partition coefficient (Wildman–Crippen LogP) is 5.62. The quantitative estimate of drug-likeness (QED) is 0.0349. The van der Waals surface area contributed by atoms with Gasteiger partial charge in [-0.15, -0.1) is 0 Å². The molecule has 6 atom stereocenters. The van der Waals surface area contributed by atoms with Gasteiger partial charge in [0.1, 0.15) is 37.6 Å². The summed E-state index contributed by atoms with van der Waals surface area (Å²) in [6.07, 6.45) is 0.500. The average molecular weight is 1080 g/mol. The number of carbonyl (C=O) groups is 4. The molecular formula is C56H68F4N6O11. The monoisotopic (exact) mass is 1080 g/mol. The molecule has 4 heterocycles. The summed E-state index contributed by atoms with van der Waals surface area (Å²) in [6, 6.07) is 21.0. The third-order valence-electron chi connectivity index (χ3n) is 13.7. The lowest BCUT2D eigenvalue weighted by atomic mass is 10.0. The van der Waals surface area contributed by atoms with E-state index in [2.05, 4.69) is 20.6 Å². The van der Waals surface area contributed by atoms with Crippen LogP contribution < -0.4 is 10.6 Å². The molecule has 0 radical (unpaired) electrons. The number of amides is 4. The first kappa shape index (κ1) is 57.2. The van der Waals surface area contributed by atoms with Gasteiger partial charge in [0, 0.05) is 24.0 Å². The van der Waals surface area contributed by atoms with E-state index in [1.807, 2.05) is 12.1 Å². The molecular weight excluding hydrogens is 1010 g/mol. The van der Waals surface area contributed by atoms with E-state index < -0.39 is 72.0 Å². The molecule has 2 aliphatic heterocycles. The van der Waals surface area contributed by atoms with Crippen LogP contribution in [-0.4, -0.2) is 173 Å². The number of pyridine rings is 2. The predicted molar refractivity (Wildman–Crippen MR) is 271 cm³/mol. The summed E-state index contributed by atoms with van der Waals surface area (Å²) in [5.74, 6) is -3.03. The van der Waals surface area contributed by atoms with E-state index in [4.69, 9.17) is 33.2 Å². The lowest BCUT2D eigenvalue weighted by molar-refractivity contribution is -0.142. The second kappa shape index (κ2) is 29.2. The van der Waals surface area contributed by atoms with E-state index >= 15 is 0 Å². The number of rotatable bonds is 32. The molecule has 4 fully saturated rings. The fourth-order valence-electron chi connectivity index (χ4n) is 9.38. The number of benzene rings is 2. The first-order valence-corrected chi connectivity index (χ1v) is 26.5. The smallest absolute Gasteiger partial charge is 0.249 e. The summed E-state index contributed by atoms with van der Waals surface area (Å²) in [4.78, 5) is 64.2. The van der Waals surface area contributed by atoms with Gasteiger partial charge in [0.2, 0.25) is 35.5 Å². The van der Waals surface area contributed by atoms with E-state index in [-0.39, 0.29) is 90.6 Å². The van der Waals surface area contributed by atoms with E-state index in [0.29, 0.717) is 73.3 Å². The zero-order chi connectivity index (χ0) is 53.9. The largest absolute Gasteiger partial charge is 0.377 e. The van der Waals surface area contributed by atoms with Crippen molar-refractivity contribution < 1.29 is 69.9 Å².